The zero-order chi connectivity index (χ0) is 22.3. The van der Waals surface area contributed by atoms with Gasteiger partial charge >= 0.3 is 0 Å². The van der Waals surface area contributed by atoms with Gasteiger partial charge in [-0.25, -0.2) is 12.8 Å². The first-order valence-electron chi connectivity index (χ1n) is 9.77. The van der Waals surface area contributed by atoms with Gasteiger partial charge in [-0.05, 0) is 61.7 Å². The number of benzene rings is 2. The second-order valence-electron chi connectivity index (χ2n) is 7.55. The number of hydrogen-bond donors (Lipinski definition) is 0. The van der Waals surface area contributed by atoms with Crippen molar-refractivity contribution >= 4 is 49.1 Å². The SMILES string of the molecule is Cc1c(Cl)ccc2sc(=NC(=O)C3CCN(S(=O)(=O)c4ccc(F)cc4)CC3)n(C)c12. The van der Waals surface area contributed by atoms with Gasteiger partial charge in [0.15, 0.2) is 4.80 Å². The number of rotatable bonds is 3. The van der Waals surface area contributed by atoms with Crippen molar-refractivity contribution in [2.24, 2.45) is 18.0 Å². The number of thiazole rings is 1. The van der Waals surface area contributed by atoms with Crippen molar-refractivity contribution in [2.75, 3.05) is 13.1 Å². The summed E-state index contributed by atoms with van der Waals surface area (Å²) in [6.07, 6.45) is 0.782. The third-order valence-electron chi connectivity index (χ3n) is 5.61. The molecule has 0 unspecified atom stereocenters. The number of hydrogen-bond acceptors (Lipinski definition) is 4. The van der Waals surface area contributed by atoms with Gasteiger partial charge in [0.05, 0.1) is 15.1 Å². The summed E-state index contributed by atoms with van der Waals surface area (Å²) in [6.45, 7) is 2.37. The number of nitrogens with zero attached hydrogens (tertiary/aromatic N) is 3. The van der Waals surface area contributed by atoms with Gasteiger partial charge in [0.2, 0.25) is 10.0 Å². The highest BCUT2D eigenvalue weighted by molar-refractivity contribution is 7.89. The minimum Gasteiger partial charge on any atom is -0.319 e. The highest BCUT2D eigenvalue weighted by Crippen LogP contribution is 2.27. The third kappa shape index (κ3) is 4.19. The van der Waals surface area contributed by atoms with Crippen LogP contribution in [-0.2, 0) is 21.9 Å². The van der Waals surface area contributed by atoms with E-state index in [9.17, 15) is 17.6 Å². The number of carbonyl (C=O) groups excluding carboxylic acids is 1. The Morgan fingerprint density at radius 3 is 2.45 bits per heavy atom. The molecule has 1 amide bonds. The molecule has 0 atom stereocenters. The van der Waals surface area contributed by atoms with Crippen molar-refractivity contribution in [1.82, 2.24) is 8.87 Å². The second-order valence-corrected chi connectivity index (χ2v) is 10.9. The summed E-state index contributed by atoms with van der Waals surface area (Å²) >= 11 is 7.64. The van der Waals surface area contributed by atoms with E-state index in [2.05, 4.69) is 4.99 Å². The zero-order valence-electron chi connectivity index (χ0n) is 17.0. The lowest BCUT2D eigenvalue weighted by molar-refractivity contribution is -0.122. The summed E-state index contributed by atoms with van der Waals surface area (Å²) in [4.78, 5) is 17.8. The van der Waals surface area contributed by atoms with Crippen LogP contribution in [0, 0.1) is 18.7 Å². The second kappa shape index (κ2) is 8.46. The summed E-state index contributed by atoms with van der Waals surface area (Å²) in [5, 5.41) is 0.661. The lowest BCUT2D eigenvalue weighted by Crippen LogP contribution is -2.40. The molecule has 4 rings (SSSR count). The van der Waals surface area contributed by atoms with Crippen molar-refractivity contribution in [2.45, 2.75) is 24.7 Å². The predicted octanol–water partition coefficient (Wildman–Crippen LogP) is 3.87. The van der Waals surface area contributed by atoms with Gasteiger partial charge in [-0.1, -0.05) is 22.9 Å². The van der Waals surface area contributed by atoms with Crippen molar-refractivity contribution in [3.8, 4) is 0 Å². The number of aryl methyl sites for hydroxylation is 2. The van der Waals surface area contributed by atoms with Crippen LogP contribution >= 0.6 is 22.9 Å². The first kappa shape index (κ1) is 22.1. The Morgan fingerprint density at radius 1 is 1.16 bits per heavy atom. The van der Waals surface area contributed by atoms with Gasteiger partial charge in [-0.3, -0.25) is 4.79 Å². The maximum atomic E-state index is 13.1. The molecule has 0 N–H and O–H groups in total. The Kier molecular flexibility index (Phi) is 6.04. The van der Waals surface area contributed by atoms with Crippen LogP contribution in [0.1, 0.15) is 18.4 Å². The summed E-state index contributed by atoms with van der Waals surface area (Å²) < 4.78 is 42.8. The average molecular weight is 482 g/mol. The van der Waals surface area contributed by atoms with E-state index in [1.54, 1.807) is 0 Å². The lowest BCUT2D eigenvalue weighted by Gasteiger charge is -2.29. The largest absolute Gasteiger partial charge is 0.319 e. The monoisotopic (exact) mass is 481 g/mol. The minimum absolute atomic E-state index is 0.0506. The van der Waals surface area contributed by atoms with Crippen LogP contribution in [0.25, 0.3) is 10.2 Å². The van der Waals surface area contributed by atoms with Gasteiger partial charge in [-0.2, -0.15) is 9.30 Å². The Balaban J connectivity index is 1.51. The van der Waals surface area contributed by atoms with E-state index in [0.29, 0.717) is 22.7 Å². The van der Waals surface area contributed by atoms with E-state index < -0.39 is 15.8 Å². The van der Waals surface area contributed by atoms with Crippen molar-refractivity contribution in [3.05, 3.63) is 57.6 Å². The Hall–Kier alpha value is -2.07. The number of sulfonamides is 1. The van der Waals surface area contributed by atoms with Crippen molar-refractivity contribution in [1.29, 1.82) is 0 Å². The highest BCUT2D eigenvalue weighted by Gasteiger charge is 2.32. The molecule has 3 aromatic rings. The van der Waals surface area contributed by atoms with Gasteiger partial charge in [-0.15, -0.1) is 0 Å². The summed E-state index contributed by atoms with van der Waals surface area (Å²) in [6, 6.07) is 8.51. The number of aromatic nitrogens is 1. The van der Waals surface area contributed by atoms with E-state index in [1.807, 2.05) is 30.7 Å². The molecule has 1 aromatic heterocycles. The molecule has 0 saturated carbocycles. The highest BCUT2D eigenvalue weighted by atomic mass is 35.5. The van der Waals surface area contributed by atoms with Crippen LogP contribution in [0.4, 0.5) is 4.39 Å². The topological polar surface area (TPSA) is 71.7 Å². The van der Waals surface area contributed by atoms with E-state index in [1.165, 1.54) is 27.8 Å². The fourth-order valence-corrected chi connectivity index (χ4v) is 6.50. The Bertz CT molecular complexity index is 1320. The summed E-state index contributed by atoms with van der Waals surface area (Å²) in [5.74, 6) is -1.07. The molecule has 1 fully saturated rings. The van der Waals surface area contributed by atoms with E-state index in [0.717, 1.165) is 27.9 Å². The van der Waals surface area contributed by atoms with Gasteiger partial charge in [0.1, 0.15) is 5.82 Å². The van der Waals surface area contributed by atoms with E-state index >= 15 is 0 Å². The molecule has 1 aliphatic rings. The number of fused-ring (bicyclic) bond motifs is 1. The Labute approximate surface area is 188 Å². The average Bonchev–Trinajstić information content (AvgIpc) is 3.07. The van der Waals surface area contributed by atoms with Crippen molar-refractivity contribution < 1.29 is 17.6 Å². The molecule has 10 heteroatoms. The summed E-state index contributed by atoms with van der Waals surface area (Å²) in [7, 11) is -1.86. The molecule has 2 aromatic carbocycles. The summed E-state index contributed by atoms with van der Waals surface area (Å²) in [5.41, 5.74) is 1.88. The van der Waals surface area contributed by atoms with Crippen LogP contribution in [0.3, 0.4) is 0 Å². The van der Waals surface area contributed by atoms with Crippen LogP contribution in [0.15, 0.2) is 46.3 Å². The minimum atomic E-state index is -3.71. The fraction of sp³-hybridized carbons (Fsp3) is 0.333. The molecule has 6 nitrogen and oxygen atoms in total. The molecule has 1 saturated heterocycles. The first-order chi connectivity index (χ1) is 14.7. The first-order valence-corrected chi connectivity index (χ1v) is 12.4. The quantitative estimate of drug-likeness (QED) is 0.570. The van der Waals surface area contributed by atoms with Gasteiger partial charge < -0.3 is 4.57 Å². The van der Waals surface area contributed by atoms with Crippen LogP contribution in [-0.4, -0.2) is 36.3 Å². The Morgan fingerprint density at radius 2 is 1.81 bits per heavy atom. The molecule has 164 valence electrons. The molecule has 0 radical (unpaired) electrons. The normalized spacial score (nSPS) is 16.8. The van der Waals surface area contributed by atoms with Crippen LogP contribution in [0.5, 0.6) is 0 Å². The molecule has 0 bridgehead atoms. The molecule has 0 aliphatic carbocycles. The molecule has 1 aliphatic heterocycles. The van der Waals surface area contributed by atoms with Crippen LogP contribution in [0.2, 0.25) is 5.02 Å². The maximum Gasteiger partial charge on any atom is 0.251 e. The van der Waals surface area contributed by atoms with E-state index in [4.69, 9.17) is 11.6 Å². The standard InChI is InChI=1S/C21H21ClFN3O3S2/c1-13-17(22)7-8-18-19(13)25(2)21(30-18)24-20(27)14-9-11-26(12-10-14)31(28,29)16-5-3-15(23)4-6-16/h3-8,14H,9-12H2,1-2H3. The molecule has 0 spiro atoms. The van der Waals surface area contributed by atoms with Crippen LogP contribution < -0.4 is 4.80 Å². The lowest BCUT2D eigenvalue weighted by atomic mass is 9.98. The number of piperidine rings is 1. The van der Waals surface area contributed by atoms with Gasteiger partial charge in [0.25, 0.3) is 5.91 Å². The molecule has 31 heavy (non-hydrogen) atoms. The number of carbonyl (C=O) groups is 1. The molecule has 2 heterocycles. The molecular weight excluding hydrogens is 461 g/mol. The number of amides is 1. The smallest absolute Gasteiger partial charge is 0.251 e. The number of halogens is 2. The molecular formula is C21H21ClFN3O3S2. The third-order valence-corrected chi connectivity index (χ3v) is 9.03. The maximum absolute atomic E-state index is 13.1. The zero-order valence-corrected chi connectivity index (χ0v) is 19.4. The van der Waals surface area contributed by atoms with E-state index in [-0.39, 0.29) is 29.8 Å². The fourth-order valence-electron chi connectivity index (χ4n) is 3.79. The van der Waals surface area contributed by atoms with Crippen molar-refractivity contribution in [3.63, 3.8) is 0 Å². The van der Waals surface area contributed by atoms with Gasteiger partial charge in [0, 0.05) is 31.1 Å². The predicted molar refractivity (Wildman–Crippen MR) is 119 cm³/mol.